The molecule has 0 bridgehead atoms. The van der Waals surface area contributed by atoms with E-state index in [0.29, 0.717) is 28.3 Å². The number of amides is 1. The van der Waals surface area contributed by atoms with Gasteiger partial charge in [0.15, 0.2) is 11.5 Å². The van der Waals surface area contributed by atoms with Gasteiger partial charge in [0.05, 0.1) is 11.6 Å². The first kappa shape index (κ1) is 19.7. The van der Waals surface area contributed by atoms with Crippen molar-refractivity contribution in [3.63, 3.8) is 0 Å². The van der Waals surface area contributed by atoms with E-state index in [1.54, 1.807) is 48.5 Å². The van der Waals surface area contributed by atoms with Crippen molar-refractivity contribution < 1.29 is 29.3 Å². The van der Waals surface area contributed by atoms with Crippen LogP contribution in [0, 0.1) is 6.92 Å². The summed E-state index contributed by atoms with van der Waals surface area (Å²) in [7, 11) is 0. The minimum Gasteiger partial charge on any atom is -0.508 e. The fourth-order valence-corrected chi connectivity index (χ4v) is 4.05. The molecule has 2 heterocycles. The molecule has 5 rings (SSSR count). The highest BCUT2D eigenvalue weighted by Crippen LogP contribution is 2.43. The van der Waals surface area contributed by atoms with Crippen LogP contribution in [0.15, 0.2) is 72.3 Å². The van der Waals surface area contributed by atoms with Crippen molar-refractivity contribution >= 4 is 23.1 Å². The molecule has 3 aromatic carbocycles. The van der Waals surface area contributed by atoms with Crippen molar-refractivity contribution in [3.05, 3.63) is 89.0 Å². The summed E-state index contributed by atoms with van der Waals surface area (Å²) < 4.78 is 10.7. The lowest BCUT2D eigenvalue weighted by Gasteiger charge is -2.25. The summed E-state index contributed by atoms with van der Waals surface area (Å²) >= 11 is 0. The number of fused-ring (bicyclic) bond motifs is 1. The Kier molecular flexibility index (Phi) is 4.59. The minimum absolute atomic E-state index is 0.0407. The van der Waals surface area contributed by atoms with E-state index in [2.05, 4.69) is 0 Å². The lowest BCUT2D eigenvalue weighted by Crippen LogP contribution is -2.29. The fourth-order valence-electron chi connectivity index (χ4n) is 4.05. The maximum Gasteiger partial charge on any atom is 0.300 e. The standard InChI is InChI=1S/C25H19NO6/c1-14-3-2-4-17(11-14)26-22(15-5-8-18(27)9-6-15)21(24(29)25(26)30)23(28)16-7-10-19-20(12-16)32-13-31-19/h2-12,22,27-28H,13H2,1H3/b23-21-. The van der Waals surface area contributed by atoms with Crippen LogP contribution in [-0.2, 0) is 9.59 Å². The Morgan fingerprint density at radius 3 is 2.47 bits per heavy atom. The first-order chi connectivity index (χ1) is 15.4. The zero-order chi connectivity index (χ0) is 22.4. The van der Waals surface area contributed by atoms with Gasteiger partial charge >= 0.3 is 0 Å². The van der Waals surface area contributed by atoms with Crippen LogP contribution in [0.4, 0.5) is 5.69 Å². The van der Waals surface area contributed by atoms with E-state index >= 15 is 0 Å². The highest BCUT2D eigenvalue weighted by Gasteiger charge is 2.47. The summed E-state index contributed by atoms with van der Waals surface area (Å²) in [5, 5.41) is 20.9. The number of hydrogen-bond acceptors (Lipinski definition) is 6. The number of ketones is 1. The van der Waals surface area contributed by atoms with Crippen LogP contribution in [0.3, 0.4) is 0 Å². The predicted molar refractivity (Wildman–Crippen MR) is 117 cm³/mol. The maximum absolute atomic E-state index is 13.2. The van der Waals surface area contributed by atoms with Crippen LogP contribution in [0.25, 0.3) is 5.76 Å². The summed E-state index contributed by atoms with van der Waals surface area (Å²) in [5.74, 6) is -0.803. The summed E-state index contributed by atoms with van der Waals surface area (Å²) in [6, 6.07) is 17.4. The van der Waals surface area contributed by atoms with Crippen molar-refractivity contribution in [3.8, 4) is 17.2 Å². The number of hydrogen-bond donors (Lipinski definition) is 2. The molecule has 0 saturated carbocycles. The molecule has 1 atom stereocenters. The summed E-state index contributed by atoms with van der Waals surface area (Å²) in [6.07, 6.45) is 0. The van der Waals surface area contributed by atoms with Gasteiger partial charge < -0.3 is 19.7 Å². The van der Waals surface area contributed by atoms with E-state index in [1.807, 2.05) is 13.0 Å². The minimum atomic E-state index is -0.872. The van der Waals surface area contributed by atoms with E-state index in [4.69, 9.17) is 9.47 Å². The molecule has 7 nitrogen and oxygen atoms in total. The normalized spacial score (nSPS) is 18.9. The third-order valence-electron chi connectivity index (χ3n) is 5.58. The van der Waals surface area contributed by atoms with Crippen molar-refractivity contribution in [2.75, 3.05) is 11.7 Å². The number of nitrogens with zero attached hydrogens (tertiary/aromatic N) is 1. The molecule has 0 radical (unpaired) electrons. The Labute approximate surface area is 183 Å². The second-order valence-corrected chi connectivity index (χ2v) is 7.67. The van der Waals surface area contributed by atoms with E-state index in [1.165, 1.54) is 17.0 Å². The van der Waals surface area contributed by atoms with Crippen LogP contribution in [-0.4, -0.2) is 28.7 Å². The number of carbonyl (C=O) groups excluding carboxylic acids is 2. The number of anilines is 1. The second kappa shape index (κ2) is 7.46. The highest BCUT2D eigenvalue weighted by atomic mass is 16.7. The molecule has 0 spiro atoms. The average Bonchev–Trinajstić information content (AvgIpc) is 3.36. The van der Waals surface area contributed by atoms with Gasteiger partial charge in [-0.3, -0.25) is 14.5 Å². The van der Waals surface area contributed by atoms with E-state index in [0.717, 1.165) is 5.56 Å². The van der Waals surface area contributed by atoms with Gasteiger partial charge in [-0.2, -0.15) is 0 Å². The van der Waals surface area contributed by atoms with Crippen LogP contribution in [0.5, 0.6) is 17.2 Å². The van der Waals surface area contributed by atoms with Gasteiger partial charge in [-0.25, -0.2) is 0 Å². The number of carbonyl (C=O) groups is 2. The van der Waals surface area contributed by atoms with Crippen molar-refractivity contribution in [2.24, 2.45) is 0 Å². The van der Waals surface area contributed by atoms with E-state index in [9.17, 15) is 19.8 Å². The summed E-state index contributed by atoms with van der Waals surface area (Å²) in [4.78, 5) is 27.7. The molecule has 2 aliphatic rings. The molecule has 1 saturated heterocycles. The van der Waals surface area contributed by atoms with Gasteiger partial charge in [-0.1, -0.05) is 24.3 Å². The lowest BCUT2D eigenvalue weighted by molar-refractivity contribution is -0.132. The zero-order valence-corrected chi connectivity index (χ0v) is 17.1. The van der Waals surface area contributed by atoms with Gasteiger partial charge in [0.25, 0.3) is 11.7 Å². The molecule has 1 fully saturated rings. The number of aliphatic hydroxyl groups is 1. The Balaban J connectivity index is 1.71. The molecule has 160 valence electrons. The first-order valence-electron chi connectivity index (χ1n) is 10.0. The summed E-state index contributed by atoms with van der Waals surface area (Å²) in [6.45, 7) is 1.97. The Morgan fingerprint density at radius 2 is 1.72 bits per heavy atom. The Bertz CT molecular complexity index is 1280. The number of phenols is 1. The van der Waals surface area contributed by atoms with E-state index in [-0.39, 0.29) is 23.9 Å². The van der Waals surface area contributed by atoms with Crippen LogP contribution < -0.4 is 14.4 Å². The number of rotatable bonds is 3. The number of ether oxygens (including phenoxy) is 2. The largest absolute Gasteiger partial charge is 0.508 e. The molecule has 1 amide bonds. The molecule has 3 aromatic rings. The molecule has 0 aromatic heterocycles. The molecule has 7 heteroatoms. The molecule has 2 N–H and O–H groups in total. The van der Waals surface area contributed by atoms with Gasteiger partial charge in [-0.05, 0) is 60.5 Å². The van der Waals surface area contributed by atoms with Gasteiger partial charge in [0.2, 0.25) is 6.79 Å². The summed E-state index contributed by atoms with van der Waals surface area (Å²) in [5.41, 5.74) is 2.33. The van der Waals surface area contributed by atoms with Crippen molar-refractivity contribution in [1.82, 2.24) is 0 Å². The fraction of sp³-hybridized carbons (Fsp3) is 0.120. The van der Waals surface area contributed by atoms with Gasteiger partial charge in [-0.15, -0.1) is 0 Å². The molecular weight excluding hydrogens is 410 g/mol. The number of aromatic hydroxyl groups is 1. The van der Waals surface area contributed by atoms with Crippen molar-refractivity contribution in [2.45, 2.75) is 13.0 Å². The van der Waals surface area contributed by atoms with E-state index < -0.39 is 17.7 Å². The van der Waals surface area contributed by atoms with Crippen LogP contribution in [0.2, 0.25) is 0 Å². The predicted octanol–water partition coefficient (Wildman–Crippen LogP) is 4.06. The highest BCUT2D eigenvalue weighted by molar-refractivity contribution is 6.51. The molecule has 2 aliphatic heterocycles. The van der Waals surface area contributed by atoms with Crippen LogP contribution in [0.1, 0.15) is 22.7 Å². The SMILES string of the molecule is Cc1cccc(N2C(=O)C(=O)/C(=C(\O)c3ccc4c(c3)OCO4)C2c2ccc(O)cc2)c1. The Hall–Kier alpha value is -4.26. The van der Waals surface area contributed by atoms with Gasteiger partial charge in [0.1, 0.15) is 11.5 Å². The third kappa shape index (κ3) is 3.15. The average molecular weight is 429 g/mol. The maximum atomic E-state index is 13.2. The topological polar surface area (TPSA) is 96.3 Å². The monoisotopic (exact) mass is 429 g/mol. The molecule has 0 aliphatic carbocycles. The van der Waals surface area contributed by atoms with Crippen molar-refractivity contribution in [1.29, 1.82) is 0 Å². The molecule has 32 heavy (non-hydrogen) atoms. The lowest BCUT2D eigenvalue weighted by atomic mass is 9.95. The number of phenolic OH excluding ortho intramolecular Hbond substituents is 1. The molecule has 1 unspecified atom stereocenters. The van der Waals surface area contributed by atoms with Gasteiger partial charge in [0, 0.05) is 11.3 Å². The first-order valence-corrected chi connectivity index (χ1v) is 10.0. The number of benzene rings is 3. The quantitative estimate of drug-likeness (QED) is 0.370. The van der Waals surface area contributed by atoms with Crippen LogP contribution >= 0.6 is 0 Å². The Morgan fingerprint density at radius 1 is 0.969 bits per heavy atom. The number of aliphatic hydroxyl groups excluding tert-OH is 1. The zero-order valence-electron chi connectivity index (χ0n) is 17.1. The smallest absolute Gasteiger partial charge is 0.300 e. The second-order valence-electron chi connectivity index (χ2n) is 7.67. The number of Topliss-reactive ketones (excluding diaryl/α,β-unsaturated/α-hetero) is 1. The number of aryl methyl sites for hydroxylation is 1. The molecular formula is C25H19NO6. The third-order valence-corrected chi connectivity index (χ3v) is 5.58.